The summed E-state index contributed by atoms with van der Waals surface area (Å²) >= 11 is 0. The number of aromatic nitrogens is 3. The summed E-state index contributed by atoms with van der Waals surface area (Å²) in [6.07, 6.45) is 7.44. The third kappa shape index (κ3) is 3.28. The van der Waals surface area contributed by atoms with Crippen LogP contribution in [-0.2, 0) is 18.3 Å². The maximum atomic E-state index is 5.75. The van der Waals surface area contributed by atoms with Gasteiger partial charge in [-0.05, 0) is 12.8 Å². The van der Waals surface area contributed by atoms with E-state index in [0.29, 0.717) is 6.10 Å². The fourth-order valence-electron chi connectivity index (χ4n) is 2.04. The molecule has 1 aromatic rings. The van der Waals surface area contributed by atoms with Gasteiger partial charge in [0.25, 0.3) is 0 Å². The lowest BCUT2D eigenvalue weighted by Gasteiger charge is -2.11. The standard InChI is InChI=1S/C11H20N4O/c1-15-10(9-13-14-15)8-12-6-7-16-11-4-2-3-5-11/h9,11-12H,2-8H2,1H3. The number of nitrogens with one attached hydrogen (secondary N) is 1. The van der Waals surface area contributed by atoms with Gasteiger partial charge in [0, 0.05) is 20.1 Å². The third-order valence-electron chi connectivity index (χ3n) is 3.05. The Morgan fingerprint density at radius 2 is 2.31 bits per heavy atom. The first-order valence-electron chi connectivity index (χ1n) is 6.02. The van der Waals surface area contributed by atoms with Crippen LogP contribution in [0.5, 0.6) is 0 Å². The highest BCUT2D eigenvalue weighted by molar-refractivity contribution is 4.91. The van der Waals surface area contributed by atoms with Crippen molar-refractivity contribution in [2.24, 2.45) is 7.05 Å². The molecule has 1 N–H and O–H groups in total. The number of ether oxygens (including phenoxy) is 1. The summed E-state index contributed by atoms with van der Waals surface area (Å²) in [5.41, 5.74) is 1.10. The number of rotatable bonds is 6. The Bertz CT molecular complexity index is 307. The van der Waals surface area contributed by atoms with Crippen LogP contribution in [0.4, 0.5) is 0 Å². The van der Waals surface area contributed by atoms with E-state index in [0.717, 1.165) is 25.4 Å². The van der Waals surface area contributed by atoms with Crippen LogP contribution in [-0.4, -0.2) is 34.2 Å². The molecule has 1 saturated carbocycles. The molecule has 5 heteroatoms. The van der Waals surface area contributed by atoms with Gasteiger partial charge in [-0.2, -0.15) is 0 Å². The molecule has 1 fully saturated rings. The quantitative estimate of drug-likeness (QED) is 0.728. The van der Waals surface area contributed by atoms with Crippen molar-refractivity contribution in [3.63, 3.8) is 0 Å². The number of aryl methyl sites for hydroxylation is 1. The zero-order valence-electron chi connectivity index (χ0n) is 9.85. The Labute approximate surface area is 96.2 Å². The molecule has 1 heterocycles. The summed E-state index contributed by atoms with van der Waals surface area (Å²) in [5, 5.41) is 11.0. The smallest absolute Gasteiger partial charge is 0.0738 e. The molecule has 2 rings (SSSR count). The second-order valence-electron chi connectivity index (χ2n) is 4.30. The van der Waals surface area contributed by atoms with Gasteiger partial charge in [0.15, 0.2) is 0 Å². The molecule has 0 aromatic carbocycles. The summed E-state index contributed by atoms with van der Waals surface area (Å²) in [6.45, 7) is 2.50. The van der Waals surface area contributed by atoms with Crippen LogP contribution in [0.25, 0.3) is 0 Å². The van der Waals surface area contributed by atoms with Crippen molar-refractivity contribution in [1.82, 2.24) is 20.3 Å². The normalized spacial score (nSPS) is 17.1. The maximum absolute atomic E-state index is 5.75. The van der Waals surface area contributed by atoms with E-state index < -0.39 is 0 Å². The van der Waals surface area contributed by atoms with E-state index in [1.54, 1.807) is 10.9 Å². The molecule has 1 aliphatic carbocycles. The highest BCUT2D eigenvalue weighted by Gasteiger charge is 2.14. The van der Waals surface area contributed by atoms with E-state index in [9.17, 15) is 0 Å². The molecule has 0 radical (unpaired) electrons. The number of hydrogen-bond donors (Lipinski definition) is 1. The predicted octanol–water partition coefficient (Wildman–Crippen LogP) is 0.864. The Morgan fingerprint density at radius 3 is 3.00 bits per heavy atom. The van der Waals surface area contributed by atoms with Gasteiger partial charge >= 0.3 is 0 Å². The minimum absolute atomic E-state index is 0.514. The molecule has 0 unspecified atom stereocenters. The van der Waals surface area contributed by atoms with Crippen LogP contribution in [0.3, 0.4) is 0 Å². The molecule has 0 atom stereocenters. The summed E-state index contributed by atoms with van der Waals surface area (Å²) in [6, 6.07) is 0. The average molecular weight is 224 g/mol. The number of hydrogen-bond acceptors (Lipinski definition) is 4. The minimum atomic E-state index is 0.514. The number of nitrogens with zero attached hydrogens (tertiary/aromatic N) is 3. The van der Waals surface area contributed by atoms with E-state index in [2.05, 4.69) is 15.6 Å². The first-order chi connectivity index (χ1) is 7.86. The highest BCUT2D eigenvalue weighted by Crippen LogP contribution is 2.20. The molecule has 0 aliphatic heterocycles. The first kappa shape index (κ1) is 11.5. The van der Waals surface area contributed by atoms with Crippen molar-refractivity contribution in [2.75, 3.05) is 13.2 Å². The topological polar surface area (TPSA) is 52.0 Å². The van der Waals surface area contributed by atoms with Crippen LogP contribution in [0.1, 0.15) is 31.4 Å². The first-order valence-corrected chi connectivity index (χ1v) is 6.02. The molecular weight excluding hydrogens is 204 g/mol. The Morgan fingerprint density at radius 1 is 1.50 bits per heavy atom. The predicted molar refractivity (Wildman–Crippen MR) is 60.9 cm³/mol. The molecule has 90 valence electrons. The lowest BCUT2D eigenvalue weighted by molar-refractivity contribution is 0.0602. The second-order valence-corrected chi connectivity index (χ2v) is 4.30. The van der Waals surface area contributed by atoms with Crippen LogP contribution >= 0.6 is 0 Å². The summed E-state index contributed by atoms with van der Waals surface area (Å²) < 4.78 is 7.53. The van der Waals surface area contributed by atoms with Crippen LogP contribution < -0.4 is 5.32 Å². The van der Waals surface area contributed by atoms with Crippen molar-refractivity contribution in [3.8, 4) is 0 Å². The molecule has 0 spiro atoms. The van der Waals surface area contributed by atoms with E-state index >= 15 is 0 Å². The molecule has 0 bridgehead atoms. The van der Waals surface area contributed by atoms with Gasteiger partial charge < -0.3 is 10.1 Å². The molecule has 1 aromatic heterocycles. The van der Waals surface area contributed by atoms with Gasteiger partial charge in [-0.3, -0.25) is 4.68 Å². The van der Waals surface area contributed by atoms with Gasteiger partial charge in [-0.1, -0.05) is 18.1 Å². The third-order valence-corrected chi connectivity index (χ3v) is 3.05. The Hall–Kier alpha value is -0.940. The molecular formula is C11H20N4O. The van der Waals surface area contributed by atoms with Gasteiger partial charge in [0.1, 0.15) is 0 Å². The van der Waals surface area contributed by atoms with Crippen molar-refractivity contribution >= 4 is 0 Å². The molecule has 0 amide bonds. The molecule has 1 aliphatic rings. The van der Waals surface area contributed by atoms with Crippen LogP contribution in [0.15, 0.2) is 6.20 Å². The lowest BCUT2D eigenvalue weighted by atomic mass is 10.3. The van der Waals surface area contributed by atoms with E-state index in [1.807, 2.05) is 7.05 Å². The highest BCUT2D eigenvalue weighted by atomic mass is 16.5. The van der Waals surface area contributed by atoms with Crippen molar-refractivity contribution in [2.45, 2.75) is 38.3 Å². The van der Waals surface area contributed by atoms with Gasteiger partial charge in [-0.15, -0.1) is 5.10 Å². The largest absolute Gasteiger partial charge is 0.377 e. The fourth-order valence-corrected chi connectivity index (χ4v) is 2.04. The van der Waals surface area contributed by atoms with E-state index in [4.69, 9.17) is 4.74 Å². The van der Waals surface area contributed by atoms with Crippen molar-refractivity contribution < 1.29 is 4.74 Å². The second kappa shape index (κ2) is 5.96. The monoisotopic (exact) mass is 224 g/mol. The fraction of sp³-hybridized carbons (Fsp3) is 0.818. The molecule has 0 saturated heterocycles. The zero-order chi connectivity index (χ0) is 11.2. The summed E-state index contributed by atoms with van der Waals surface area (Å²) in [7, 11) is 1.90. The van der Waals surface area contributed by atoms with Crippen LogP contribution in [0.2, 0.25) is 0 Å². The molecule has 16 heavy (non-hydrogen) atoms. The summed E-state index contributed by atoms with van der Waals surface area (Å²) in [5.74, 6) is 0. The van der Waals surface area contributed by atoms with Crippen molar-refractivity contribution in [1.29, 1.82) is 0 Å². The lowest BCUT2D eigenvalue weighted by Crippen LogP contribution is -2.22. The molecule has 5 nitrogen and oxygen atoms in total. The van der Waals surface area contributed by atoms with Crippen LogP contribution in [0, 0.1) is 0 Å². The average Bonchev–Trinajstić information content (AvgIpc) is 2.90. The Kier molecular flexibility index (Phi) is 4.30. The van der Waals surface area contributed by atoms with E-state index in [1.165, 1.54) is 25.7 Å². The SMILES string of the molecule is Cn1nncc1CNCCOC1CCCC1. The maximum Gasteiger partial charge on any atom is 0.0738 e. The van der Waals surface area contributed by atoms with Gasteiger partial charge in [-0.25, -0.2) is 0 Å². The van der Waals surface area contributed by atoms with E-state index in [-0.39, 0.29) is 0 Å². The Balaban J connectivity index is 1.53. The van der Waals surface area contributed by atoms with Crippen molar-refractivity contribution in [3.05, 3.63) is 11.9 Å². The summed E-state index contributed by atoms with van der Waals surface area (Å²) in [4.78, 5) is 0. The zero-order valence-corrected chi connectivity index (χ0v) is 9.85. The minimum Gasteiger partial charge on any atom is -0.377 e. The van der Waals surface area contributed by atoms with Gasteiger partial charge in [0.2, 0.25) is 0 Å². The van der Waals surface area contributed by atoms with Gasteiger partial charge in [0.05, 0.1) is 24.6 Å².